The lowest BCUT2D eigenvalue weighted by Crippen LogP contribution is -2.29. The number of benzene rings is 3. The Morgan fingerprint density at radius 1 is 0.913 bits per heavy atom. The maximum atomic E-state index is 13.5. The van der Waals surface area contributed by atoms with Gasteiger partial charge in [-0.25, -0.2) is 4.39 Å². The number of hydrogen-bond acceptors (Lipinski definition) is 2. The van der Waals surface area contributed by atoms with E-state index in [0.717, 1.165) is 16.5 Å². The summed E-state index contributed by atoms with van der Waals surface area (Å²) >= 11 is 0. The molecule has 0 aliphatic carbocycles. The molecule has 4 heteroatoms. The van der Waals surface area contributed by atoms with Gasteiger partial charge < -0.3 is 10.6 Å². The zero-order chi connectivity index (χ0) is 16.1. The molecule has 3 aromatic rings. The van der Waals surface area contributed by atoms with Gasteiger partial charge >= 0.3 is 0 Å². The second-order valence-corrected chi connectivity index (χ2v) is 5.25. The molecule has 0 aliphatic rings. The van der Waals surface area contributed by atoms with Crippen molar-refractivity contribution in [3.63, 3.8) is 0 Å². The van der Waals surface area contributed by atoms with E-state index in [1.807, 2.05) is 42.5 Å². The lowest BCUT2D eigenvalue weighted by atomic mass is 10.1. The number of nitrogens with one attached hydrogen (secondary N) is 2. The summed E-state index contributed by atoms with van der Waals surface area (Å²) in [4.78, 5) is 11.9. The SMILES string of the molecule is O=C(CNc1cccc2ccccc12)NCc1ccccc1F. The predicted molar refractivity (Wildman–Crippen MR) is 90.7 cm³/mol. The fourth-order valence-electron chi connectivity index (χ4n) is 2.45. The number of rotatable bonds is 5. The predicted octanol–water partition coefficient (Wildman–Crippen LogP) is 3.71. The number of halogens is 1. The smallest absolute Gasteiger partial charge is 0.239 e. The van der Waals surface area contributed by atoms with Crippen LogP contribution in [0, 0.1) is 5.82 Å². The van der Waals surface area contributed by atoms with Crippen molar-refractivity contribution in [2.45, 2.75) is 6.54 Å². The highest BCUT2D eigenvalue weighted by Crippen LogP contribution is 2.22. The average molecular weight is 308 g/mol. The van der Waals surface area contributed by atoms with Crippen molar-refractivity contribution in [3.8, 4) is 0 Å². The quantitative estimate of drug-likeness (QED) is 0.754. The zero-order valence-electron chi connectivity index (χ0n) is 12.6. The number of amides is 1. The third-order valence-corrected chi connectivity index (χ3v) is 3.66. The first-order valence-corrected chi connectivity index (χ1v) is 7.46. The fraction of sp³-hybridized carbons (Fsp3) is 0.105. The Morgan fingerprint density at radius 3 is 2.52 bits per heavy atom. The van der Waals surface area contributed by atoms with Gasteiger partial charge in [0, 0.05) is 23.2 Å². The number of carbonyl (C=O) groups is 1. The molecule has 0 bridgehead atoms. The van der Waals surface area contributed by atoms with Crippen molar-refractivity contribution >= 4 is 22.4 Å². The van der Waals surface area contributed by atoms with E-state index in [2.05, 4.69) is 10.6 Å². The maximum Gasteiger partial charge on any atom is 0.239 e. The van der Waals surface area contributed by atoms with Gasteiger partial charge in [-0.1, -0.05) is 54.6 Å². The molecule has 0 spiro atoms. The third kappa shape index (κ3) is 3.66. The molecule has 0 saturated carbocycles. The first-order valence-electron chi connectivity index (χ1n) is 7.46. The van der Waals surface area contributed by atoms with Crippen LogP contribution in [0.3, 0.4) is 0 Å². The molecule has 3 nitrogen and oxygen atoms in total. The molecule has 1 amide bonds. The Morgan fingerprint density at radius 2 is 1.65 bits per heavy atom. The van der Waals surface area contributed by atoms with Crippen LogP contribution >= 0.6 is 0 Å². The van der Waals surface area contributed by atoms with Crippen LogP contribution in [0.1, 0.15) is 5.56 Å². The summed E-state index contributed by atoms with van der Waals surface area (Å²) in [6.45, 7) is 0.325. The molecule has 116 valence electrons. The molecule has 0 aliphatic heterocycles. The first kappa shape index (κ1) is 15.0. The minimum absolute atomic E-state index is 0.141. The van der Waals surface area contributed by atoms with Gasteiger partial charge in [0.05, 0.1) is 6.54 Å². The van der Waals surface area contributed by atoms with Crippen molar-refractivity contribution < 1.29 is 9.18 Å². The largest absolute Gasteiger partial charge is 0.376 e. The lowest BCUT2D eigenvalue weighted by Gasteiger charge is -2.10. The molecule has 3 rings (SSSR count). The molecule has 0 saturated heterocycles. The molecule has 0 heterocycles. The second-order valence-electron chi connectivity index (χ2n) is 5.25. The van der Waals surface area contributed by atoms with Crippen molar-refractivity contribution in [2.24, 2.45) is 0 Å². The number of anilines is 1. The molecular weight excluding hydrogens is 291 g/mol. The van der Waals surface area contributed by atoms with E-state index in [9.17, 15) is 9.18 Å². The fourth-order valence-corrected chi connectivity index (χ4v) is 2.45. The maximum absolute atomic E-state index is 13.5. The summed E-state index contributed by atoms with van der Waals surface area (Å²) < 4.78 is 13.5. The Kier molecular flexibility index (Phi) is 4.52. The van der Waals surface area contributed by atoms with Crippen LogP contribution in [0.25, 0.3) is 10.8 Å². The number of hydrogen-bond donors (Lipinski definition) is 2. The molecular formula is C19H17FN2O. The van der Waals surface area contributed by atoms with Gasteiger partial charge in [0.2, 0.25) is 5.91 Å². The average Bonchev–Trinajstić information content (AvgIpc) is 2.59. The molecule has 23 heavy (non-hydrogen) atoms. The molecule has 0 radical (unpaired) electrons. The summed E-state index contributed by atoms with van der Waals surface area (Å²) in [7, 11) is 0. The van der Waals surface area contributed by atoms with E-state index in [1.54, 1.807) is 18.2 Å². The molecule has 3 aromatic carbocycles. The molecule has 0 fully saturated rings. The van der Waals surface area contributed by atoms with Gasteiger partial charge in [-0.15, -0.1) is 0 Å². The van der Waals surface area contributed by atoms with Gasteiger partial charge in [-0.05, 0) is 17.5 Å². The molecule has 0 atom stereocenters. The second kappa shape index (κ2) is 6.92. The van der Waals surface area contributed by atoms with Gasteiger partial charge in [-0.3, -0.25) is 4.79 Å². The van der Waals surface area contributed by atoms with E-state index in [-0.39, 0.29) is 24.8 Å². The highest BCUT2D eigenvalue weighted by atomic mass is 19.1. The summed E-state index contributed by atoms with van der Waals surface area (Å²) in [6.07, 6.45) is 0. The molecule has 2 N–H and O–H groups in total. The van der Waals surface area contributed by atoms with Crippen molar-refractivity contribution in [1.82, 2.24) is 5.32 Å². The van der Waals surface area contributed by atoms with Crippen LogP contribution in [-0.4, -0.2) is 12.5 Å². The van der Waals surface area contributed by atoms with E-state index < -0.39 is 0 Å². The minimum Gasteiger partial charge on any atom is -0.376 e. The Hall–Kier alpha value is -2.88. The Balaban J connectivity index is 1.59. The van der Waals surface area contributed by atoms with Gasteiger partial charge in [0.15, 0.2) is 0 Å². The van der Waals surface area contributed by atoms with Crippen LogP contribution < -0.4 is 10.6 Å². The highest BCUT2D eigenvalue weighted by Gasteiger charge is 2.05. The molecule has 0 aromatic heterocycles. The van der Waals surface area contributed by atoms with E-state index in [4.69, 9.17) is 0 Å². The standard InChI is InChI=1S/C19H17FN2O/c20-17-10-4-2-7-15(17)12-22-19(23)13-21-18-11-5-8-14-6-1-3-9-16(14)18/h1-11,21H,12-13H2,(H,22,23). The zero-order valence-corrected chi connectivity index (χ0v) is 12.6. The van der Waals surface area contributed by atoms with E-state index in [1.165, 1.54) is 6.07 Å². The molecule has 0 unspecified atom stereocenters. The van der Waals surface area contributed by atoms with Gasteiger partial charge in [0.1, 0.15) is 5.82 Å². The van der Waals surface area contributed by atoms with Gasteiger partial charge in [0.25, 0.3) is 0 Å². The summed E-state index contributed by atoms with van der Waals surface area (Å²) in [6, 6.07) is 20.3. The summed E-state index contributed by atoms with van der Waals surface area (Å²) in [5.74, 6) is -0.490. The van der Waals surface area contributed by atoms with E-state index in [0.29, 0.717) is 5.56 Å². The van der Waals surface area contributed by atoms with Crippen molar-refractivity contribution in [3.05, 3.63) is 78.1 Å². The van der Waals surface area contributed by atoms with Crippen molar-refractivity contribution in [1.29, 1.82) is 0 Å². The van der Waals surface area contributed by atoms with Crippen LogP contribution in [-0.2, 0) is 11.3 Å². The van der Waals surface area contributed by atoms with Gasteiger partial charge in [-0.2, -0.15) is 0 Å². The summed E-state index contributed by atoms with van der Waals surface area (Å²) in [5.41, 5.74) is 1.38. The topological polar surface area (TPSA) is 41.1 Å². The van der Waals surface area contributed by atoms with Crippen LogP contribution in [0.15, 0.2) is 66.7 Å². The van der Waals surface area contributed by atoms with E-state index >= 15 is 0 Å². The Bertz CT molecular complexity index is 827. The number of carbonyl (C=O) groups excluding carboxylic acids is 1. The first-order chi connectivity index (χ1) is 11.2. The van der Waals surface area contributed by atoms with Crippen LogP contribution in [0.5, 0.6) is 0 Å². The van der Waals surface area contributed by atoms with Crippen molar-refractivity contribution in [2.75, 3.05) is 11.9 Å². The van der Waals surface area contributed by atoms with Crippen LogP contribution in [0.4, 0.5) is 10.1 Å². The summed E-state index contributed by atoms with van der Waals surface area (Å²) in [5, 5.41) is 8.03. The highest BCUT2D eigenvalue weighted by molar-refractivity contribution is 5.95. The minimum atomic E-state index is -0.310. The monoisotopic (exact) mass is 308 g/mol. The lowest BCUT2D eigenvalue weighted by molar-refractivity contribution is -0.119. The third-order valence-electron chi connectivity index (χ3n) is 3.66. The van der Waals surface area contributed by atoms with Crippen LogP contribution in [0.2, 0.25) is 0 Å². The number of fused-ring (bicyclic) bond motifs is 1. The Labute approximate surface area is 134 Å². The normalized spacial score (nSPS) is 10.5.